The normalized spacial score (nSPS) is 12.4. The fourth-order valence-corrected chi connectivity index (χ4v) is 9.01. The molecule has 0 radical (unpaired) electrons. The van der Waals surface area contributed by atoms with Gasteiger partial charge in [0.15, 0.2) is 6.10 Å². The van der Waals surface area contributed by atoms with Crippen LogP contribution >= 0.6 is 0 Å². The van der Waals surface area contributed by atoms with Crippen molar-refractivity contribution in [3.8, 4) is 0 Å². The number of rotatable bonds is 57. The Morgan fingerprint density at radius 3 is 0.806 bits per heavy atom. The summed E-state index contributed by atoms with van der Waals surface area (Å²) in [5, 5.41) is 0. The van der Waals surface area contributed by atoms with Crippen LogP contribution in [0.15, 0.2) is 60.8 Å². The van der Waals surface area contributed by atoms with Crippen molar-refractivity contribution < 1.29 is 28.6 Å². The number of allylic oxidation sites excluding steroid dienone is 10. The molecule has 0 N–H and O–H groups in total. The van der Waals surface area contributed by atoms with E-state index in [1.807, 2.05) is 0 Å². The third-order valence-electron chi connectivity index (χ3n) is 13.7. The molecule has 0 aliphatic heterocycles. The van der Waals surface area contributed by atoms with Crippen LogP contribution in [-0.2, 0) is 28.6 Å². The summed E-state index contributed by atoms with van der Waals surface area (Å²) in [5.41, 5.74) is 0. The molecule has 0 bridgehead atoms. The molecular formula is C66H118O6. The fourth-order valence-electron chi connectivity index (χ4n) is 9.01. The molecule has 418 valence electrons. The SMILES string of the molecule is CCCCC/C=C/C/C=C/C/C=C/CCCCCCC(=O)OC[C@H](COC(=O)CCCCCCCCCCC/C=C/C/C=C/CCCCC)OC(=O)CCCCCCCCCCCCCCCCCCCC. The standard InChI is InChI=1S/C66H118O6/c1-4-7-10-13-16-19-22-25-28-31-33-36-38-41-44-47-50-53-56-59-65(68)71-62-63(61-70-64(67)58-55-52-49-46-43-40-37-34-30-27-24-21-18-15-12-9-6-3)72-66(69)60-57-54-51-48-45-42-39-35-32-29-26-23-20-17-14-11-8-5-2/h16,18-19,21,25,27-28,30,37,40,63H,4-15,17,20,22-24,26,29,31-36,38-39,41-62H2,1-3H3/b19-16+,21-18+,28-25+,30-27+,40-37+/t63-/m1/s1. The largest absolute Gasteiger partial charge is 0.462 e. The van der Waals surface area contributed by atoms with Crippen LogP contribution in [0.1, 0.15) is 323 Å². The molecule has 1 atom stereocenters. The monoisotopic (exact) mass is 1010 g/mol. The molecule has 0 aromatic rings. The number of carbonyl (C=O) groups excluding carboxylic acids is 3. The van der Waals surface area contributed by atoms with Gasteiger partial charge >= 0.3 is 17.9 Å². The summed E-state index contributed by atoms with van der Waals surface area (Å²) in [5.74, 6) is -0.889. The van der Waals surface area contributed by atoms with Gasteiger partial charge in [0.25, 0.3) is 0 Å². The minimum Gasteiger partial charge on any atom is -0.462 e. The van der Waals surface area contributed by atoms with Crippen molar-refractivity contribution >= 4 is 17.9 Å². The molecule has 6 nitrogen and oxygen atoms in total. The van der Waals surface area contributed by atoms with Crippen LogP contribution in [0, 0.1) is 0 Å². The molecule has 0 aliphatic carbocycles. The molecule has 0 amide bonds. The number of ether oxygens (including phenoxy) is 3. The first-order chi connectivity index (χ1) is 35.5. The van der Waals surface area contributed by atoms with Crippen LogP contribution < -0.4 is 0 Å². The second kappa shape index (κ2) is 60.7. The zero-order valence-corrected chi connectivity index (χ0v) is 47.9. The number of esters is 3. The second-order valence-electron chi connectivity index (χ2n) is 21.0. The van der Waals surface area contributed by atoms with Crippen molar-refractivity contribution in [1.29, 1.82) is 0 Å². The van der Waals surface area contributed by atoms with Gasteiger partial charge in [0, 0.05) is 19.3 Å². The molecule has 0 aromatic carbocycles. The van der Waals surface area contributed by atoms with E-state index in [-0.39, 0.29) is 31.1 Å². The van der Waals surface area contributed by atoms with Gasteiger partial charge in [-0.25, -0.2) is 0 Å². The fraction of sp³-hybridized carbons (Fsp3) is 0.803. The van der Waals surface area contributed by atoms with E-state index in [0.29, 0.717) is 19.3 Å². The van der Waals surface area contributed by atoms with Crippen LogP contribution in [-0.4, -0.2) is 37.2 Å². The van der Waals surface area contributed by atoms with Gasteiger partial charge in [-0.1, -0.05) is 274 Å². The Morgan fingerprint density at radius 2 is 0.500 bits per heavy atom. The third-order valence-corrected chi connectivity index (χ3v) is 13.7. The molecule has 0 fully saturated rings. The van der Waals surface area contributed by atoms with Gasteiger partial charge in [-0.05, 0) is 89.9 Å². The average Bonchev–Trinajstić information content (AvgIpc) is 3.38. The van der Waals surface area contributed by atoms with Gasteiger partial charge in [-0.3, -0.25) is 14.4 Å². The van der Waals surface area contributed by atoms with Gasteiger partial charge in [0.05, 0.1) is 0 Å². The lowest BCUT2D eigenvalue weighted by Gasteiger charge is -2.18. The van der Waals surface area contributed by atoms with E-state index in [0.717, 1.165) is 89.9 Å². The third kappa shape index (κ3) is 58.0. The maximum absolute atomic E-state index is 12.9. The molecule has 0 saturated heterocycles. The van der Waals surface area contributed by atoms with Crippen molar-refractivity contribution in [1.82, 2.24) is 0 Å². The minimum absolute atomic E-state index is 0.0809. The van der Waals surface area contributed by atoms with Crippen molar-refractivity contribution in [3.63, 3.8) is 0 Å². The Bertz CT molecular complexity index is 1290. The molecule has 72 heavy (non-hydrogen) atoms. The van der Waals surface area contributed by atoms with E-state index >= 15 is 0 Å². The summed E-state index contributed by atoms with van der Waals surface area (Å²) in [4.78, 5) is 38.3. The van der Waals surface area contributed by atoms with Gasteiger partial charge in [0.1, 0.15) is 13.2 Å². The Balaban J connectivity index is 4.39. The minimum atomic E-state index is -0.784. The summed E-state index contributed by atoms with van der Waals surface area (Å²) < 4.78 is 16.9. The molecular weight excluding hydrogens is 889 g/mol. The molecule has 6 heteroatoms. The highest BCUT2D eigenvalue weighted by Gasteiger charge is 2.19. The summed E-state index contributed by atoms with van der Waals surface area (Å²) in [6.45, 7) is 6.61. The first-order valence-corrected chi connectivity index (χ1v) is 31.3. The van der Waals surface area contributed by atoms with Crippen molar-refractivity contribution in [2.75, 3.05) is 13.2 Å². The van der Waals surface area contributed by atoms with Gasteiger partial charge in [-0.15, -0.1) is 0 Å². The Morgan fingerprint density at radius 1 is 0.278 bits per heavy atom. The second-order valence-corrected chi connectivity index (χ2v) is 21.0. The van der Waals surface area contributed by atoms with E-state index < -0.39 is 6.10 Å². The Labute approximate surface area is 447 Å². The molecule has 0 aromatic heterocycles. The topological polar surface area (TPSA) is 78.9 Å². The number of hydrogen-bond acceptors (Lipinski definition) is 6. The van der Waals surface area contributed by atoms with E-state index in [1.165, 1.54) is 193 Å². The van der Waals surface area contributed by atoms with E-state index in [1.54, 1.807) is 0 Å². The van der Waals surface area contributed by atoms with Gasteiger partial charge < -0.3 is 14.2 Å². The van der Waals surface area contributed by atoms with Crippen LogP contribution in [0.5, 0.6) is 0 Å². The predicted molar refractivity (Wildman–Crippen MR) is 312 cm³/mol. The zero-order chi connectivity index (χ0) is 52.2. The lowest BCUT2D eigenvalue weighted by Crippen LogP contribution is -2.30. The van der Waals surface area contributed by atoms with Crippen LogP contribution in [0.2, 0.25) is 0 Å². The van der Waals surface area contributed by atoms with E-state index in [4.69, 9.17) is 14.2 Å². The maximum Gasteiger partial charge on any atom is 0.306 e. The van der Waals surface area contributed by atoms with Crippen molar-refractivity contribution in [2.45, 2.75) is 329 Å². The Hall–Kier alpha value is -2.89. The highest BCUT2D eigenvalue weighted by molar-refractivity contribution is 5.71. The quantitative estimate of drug-likeness (QED) is 0.0261. The van der Waals surface area contributed by atoms with E-state index in [9.17, 15) is 14.4 Å². The Kier molecular flexibility index (Phi) is 58.2. The van der Waals surface area contributed by atoms with Gasteiger partial charge in [0.2, 0.25) is 0 Å². The predicted octanol–water partition coefficient (Wildman–Crippen LogP) is 21.2. The smallest absolute Gasteiger partial charge is 0.306 e. The zero-order valence-electron chi connectivity index (χ0n) is 47.9. The maximum atomic E-state index is 12.9. The number of hydrogen-bond donors (Lipinski definition) is 0. The van der Waals surface area contributed by atoms with Crippen molar-refractivity contribution in [2.24, 2.45) is 0 Å². The number of unbranched alkanes of at least 4 members (excludes halogenated alkanes) is 36. The van der Waals surface area contributed by atoms with E-state index in [2.05, 4.69) is 81.5 Å². The van der Waals surface area contributed by atoms with Crippen molar-refractivity contribution in [3.05, 3.63) is 60.8 Å². The average molecular weight is 1010 g/mol. The first kappa shape index (κ1) is 69.1. The molecule has 0 unspecified atom stereocenters. The van der Waals surface area contributed by atoms with Crippen LogP contribution in [0.3, 0.4) is 0 Å². The lowest BCUT2D eigenvalue weighted by molar-refractivity contribution is -0.167. The molecule has 0 heterocycles. The summed E-state index contributed by atoms with van der Waals surface area (Å²) in [7, 11) is 0. The highest BCUT2D eigenvalue weighted by atomic mass is 16.6. The number of carbonyl (C=O) groups is 3. The lowest BCUT2D eigenvalue weighted by atomic mass is 10.0. The van der Waals surface area contributed by atoms with Crippen LogP contribution in [0.4, 0.5) is 0 Å². The molecule has 0 rings (SSSR count). The molecule has 0 aliphatic rings. The summed E-state index contributed by atoms with van der Waals surface area (Å²) >= 11 is 0. The summed E-state index contributed by atoms with van der Waals surface area (Å²) in [6.07, 6.45) is 76.4. The first-order valence-electron chi connectivity index (χ1n) is 31.3. The summed E-state index contributed by atoms with van der Waals surface area (Å²) in [6, 6.07) is 0. The molecule has 0 saturated carbocycles. The molecule has 0 spiro atoms. The van der Waals surface area contributed by atoms with Crippen LogP contribution in [0.25, 0.3) is 0 Å². The van der Waals surface area contributed by atoms with Gasteiger partial charge in [-0.2, -0.15) is 0 Å². The highest BCUT2D eigenvalue weighted by Crippen LogP contribution is 2.17.